The van der Waals surface area contributed by atoms with Gasteiger partial charge in [-0.15, -0.1) is 0 Å². The summed E-state index contributed by atoms with van der Waals surface area (Å²) in [5.41, 5.74) is 3.62. The quantitative estimate of drug-likeness (QED) is 0.111. The fourth-order valence-electron chi connectivity index (χ4n) is 6.07. The molecule has 1 fully saturated rings. The Kier molecular flexibility index (Phi) is 11.9. The normalized spacial score (nSPS) is 14.0. The van der Waals surface area contributed by atoms with E-state index < -0.39 is 41.9 Å². The summed E-state index contributed by atoms with van der Waals surface area (Å²) >= 11 is 0. The van der Waals surface area contributed by atoms with Gasteiger partial charge in [-0.1, -0.05) is 91.0 Å². The molecule has 1 aliphatic rings. The van der Waals surface area contributed by atoms with Crippen LogP contribution in [0, 0.1) is 11.7 Å². The summed E-state index contributed by atoms with van der Waals surface area (Å²) in [6.45, 7) is 0.418. The molecule has 1 unspecified atom stereocenters. The first-order chi connectivity index (χ1) is 25.3. The van der Waals surface area contributed by atoms with Crippen molar-refractivity contribution in [3.63, 3.8) is 0 Å². The molecule has 52 heavy (non-hydrogen) atoms. The van der Waals surface area contributed by atoms with Crippen molar-refractivity contribution in [2.24, 2.45) is 5.92 Å². The smallest absolute Gasteiger partial charge is 0.408 e. The van der Waals surface area contributed by atoms with Crippen molar-refractivity contribution in [2.45, 2.75) is 57.0 Å². The van der Waals surface area contributed by atoms with E-state index in [0.717, 1.165) is 29.5 Å². The average molecular weight is 704 g/mol. The molecule has 0 saturated heterocycles. The van der Waals surface area contributed by atoms with Crippen LogP contribution < -0.4 is 15.4 Å². The summed E-state index contributed by atoms with van der Waals surface area (Å²) in [6.07, 6.45) is 4.20. The molecule has 0 radical (unpaired) electrons. The number of nitrogens with zero attached hydrogens (tertiary/aromatic N) is 2. The third kappa shape index (κ3) is 9.84. The number of H-pyrrole nitrogens is 1. The molecule has 1 aromatic heterocycles. The van der Waals surface area contributed by atoms with Gasteiger partial charge >= 0.3 is 6.09 Å². The predicted molar refractivity (Wildman–Crippen MR) is 193 cm³/mol. The number of carbonyl (C=O) groups excluding carboxylic acids is 3. The van der Waals surface area contributed by atoms with Crippen molar-refractivity contribution in [3.8, 4) is 5.75 Å². The minimum Gasteiger partial charge on any atom is -0.489 e. The van der Waals surface area contributed by atoms with E-state index in [-0.39, 0.29) is 25.4 Å². The first kappa shape index (κ1) is 35.8. The first-order valence-electron chi connectivity index (χ1n) is 17.4. The number of aromatic amines is 1. The van der Waals surface area contributed by atoms with Crippen molar-refractivity contribution in [3.05, 3.63) is 155 Å². The lowest BCUT2D eigenvalue weighted by molar-refractivity contribution is -0.140. The molecule has 1 saturated carbocycles. The van der Waals surface area contributed by atoms with Crippen LogP contribution in [0.15, 0.2) is 122 Å². The highest BCUT2D eigenvalue weighted by Crippen LogP contribution is 2.41. The Morgan fingerprint density at radius 2 is 1.48 bits per heavy atom. The lowest BCUT2D eigenvalue weighted by Gasteiger charge is -2.32. The molecular formula is C41H42FN5O5. The number of aromatic nitrogens is 2. The molecule has 1 aliphatic carbocycles. The van der Waals surface area contributed by atoms with E-state index >= 15 is 4.39 Å². The Bertz CT molecular complexity index is 1900. The van der Waals surface area contributed by atoms with E-state index in [0.29, 0.717) is 23.6 Å². The van der Waals surface area contributed by atoms with Crippen molar-refractivity contribution in [1.29, 1.82) is 0 Å². The summed E-state index contributed by atoms with van der Waals surface area (Å²) < 4.78 is 26.4. The van der Waals surface area contributed by atoms with Crippen LogP contribution >= 0.6 is 0 Å². The zero-order chi connectivity index (χ0) is 36.3. The molecule has 3 atom stereocenters. The van der Waals surface area contributed by atoms with Crippen molar-refractivity contribution in [2.75, 3.05) is 7.05 Å². The van der Waals surface area contributed by atoms with E-state index in [2.05, 4.69) is 20.6 Å². The number of ether oxygens (including phenoxy) is 2. The molecule has 0 aliphatic heterocycles. The standard InChI is InChI=1S/C41H42FN5O5/c1-47(40(49)36(23-32-24-43-27-44-32)45-41(50)52-26-30-12-6-3-7-13-30)37(39(48)46-38(31-18-19-31)34-14-8-9-15-35(34)42)22-28-16-20-33(21-17-28)51-25-29-10-4-2-5-11-29/h2-17,20-21,24,27,31,36-38H,18-19,22-23,25-26H2,1H3,(H,43,44)(H,45,50)(H,46,48)/t36-,37-,38?/m0/s1. The van der Waals surface area contributed by atoms with Crippen molar-refractivity contribution >= 4 is 17.9 Å². The number of hydrogen-bond donors (Lipinski definition) is 3. The number of halogens is 1. The maximum Gasteiger partial charge on any atom is 0.408 e. The van der Waals surface area contributed by atoms with Crippen LogP contribution in [0.2, 0.25) is 0 Å². The van der Waals surface area contributed by atoms with Crippen LogP contribution in [0.25, 0.3) is 0 Å². The Morgan fingerprint density at radius 3 is 2.12 bits per heavy atom. The fourth-order valence-corrected chi connectivity index (χ4v) is 6.07. The van der Waals surface area contributed by atoms with Gasteiger partial charge in [0.05, 0.1) is 12.4 Å². The minimum atomic E-state index is -1.09. The second-order valence-electron chi connectivity index (χ2n) is 13.0. The van der Waals surface area contributed by atoms with E-state index in [4.69, 9.17) is 9.47 Å². The van der Waals surface area contributed by atoms with Gasteiger partial charge in [-0.3, -0.25) is 9.59 Å². The van der Waals surface area contributed by atoms with Gasteiger partial charge in [0.1, 0.15) is 36.9 Å². The predicted octanol–water partition coefficient (Wildman–Crippen LogP) is 6.30. The zero-order valence-electron chi connectivity index (χ0n) is 28.9. The molecular weight excluding hydrogens is 661 g/mol. The third-order valence-corrected chi connectivity index (χ3v) is 9.13. The lowest BCUT2D eigenvalue weighted by atomic mass is 9.98. The van der Waals surface area contributed by atoms with Crippen molar-refractivity contribution in [1.82, 2.24) is 25.5 Å². The van der Waals surface area contributed by atoms with Gasteiger partial charge in [-0.05, 0) is 53.6 Å². The van der Waals surface area contributed by atoms with Gasteiger partial charge < -0.3 is 30.0 Å². The summed E-state index contributed by atoms with van der Waals surface area (Å²) in [5.74, 6) is -0.609. The van der Waals surface area contributed by atoms with E-state index in [1.54, 1.807) is 24.4 Å². The van der Waals surface area contributed by atoms with E-state index in [1.165, 1.54) is 24.3 Å². The number of imidazole rings is 1. The Morgan fingerprint density at radius 1 is 0.827 bits per heavy atom. The number of alkyl carbamates (subject to hydrolysis) is 1. The average Bonchev–Trinajstić information content (AvgIpc) is 3.89. The van der Waals surface area contributed by atoms with Crippen molar-refractivity contribution < 1.29 is 28.2 Å². The third-order valence-electron chi connectivity index (χ3n) is 9.13. The monoisotopic (exact) mass is 703 g/mol. The van der Waals surface area contributed by atoms with Gasteiger partial charge in [0.15, 0.2) is 0 Å². The zero-order valence-corrected chi connectivity index (χ0v) is 28.9. The molecule has 1 heterocycles. The number of amides is 3. The van der Waals surface area contributed by atoms with E-state index in [9.17, 15) is 14.4 Å². The van der Waals surface area contributed by atoms with Crippen LogP contribution in [0.4, 0.5) is 9.18 Å². The maximum absolute atomic E-state index is 15.0. The molecule has 11 heteroatoms. The molecule has 4 aromatic carbocycles. The fraction of sp³-hybridized carbons (Fsp3) is 0.268. The highest BCUT2D eigenvalue weighted by atomic mass is 19.1. The number of carbonyl (C=O) groups is 3. The summed E-state index contributed by atoms with van der Waals surface area (Å²) in [6, 6.07) is 30.2. The summed E-state index contributed by atoms with van der Waals surface area (Å²) in [5, 5.41) is 5.78. The van der Waals surface area contributed by atoms with Gasteiger partial charge in [0.2, 0.25) is 11.8 Å². The lowest BCUT2D eigenvalue weighted by Crippen LogP contribution is -2.56. The molecule has 0 bridgehead atoms. The molecule has 3 amide bonds. The number of nitrogens with one attached hydrogen (secondary N) is 3. The van der Waals surface area contributed by atoms with Crippen LogP contribution in [-0.2, 0) is 40.4 Å². The van der Waals surface area contributed by atoms with Crippen LogP contribution in [0.1, 0.15) is 46.8 Å². The number of hydrogen-bond acceptors (Lipinski definition) is 6. The Hall–Kier alpha value is -5.97. The van der Waals surface area contributed by atoms with Gasteiger partial charge in [0.25, 0.3) is 0 Å². The molecule has 0 spiro atoms. The van der Waals surface area contributed by atoms with Gasteiger partial charge in [-0.2, -0.15) is 0 Å². The Balaban J connectivity index is 1.22. The molecule has 5 aromatic rings. The van der Waals surface area contributed by atoms with Crippen LogP contribution in [-0.4, -0.2) is 51.9 Å². The first-order valence-corrected chi connectivity index (χ1v) is 17.4. The molecule has 10 nitrogen and oxygen atoms in total. The second kappa shape index (κ2) is 17.3. The SMILES string of the molecule is CN(C(=O)[C@H](Cc1cnc[nH]1)NC(=O)OCc1ccccc1)[C@@H](Cc1ccc(OCc2ccccc2)cc1)C(=O)NC(c1ccccc1F)C1CC1. The highest BCUT2D eigenvalue weighted by Gasteiger charge is 2.38. The molecule has 268 valence electrons. The maximum atomic E-state index is 15.0. The summed E-state index contributed by atoms with van der Waals surface area (Å²) in [4.78, 5) is 50.0. The largest absolute Gasteiger partial charge is 0.489 e. The number of likely N-dealkylation sites (N-methyl/N-ethyl adjacent to an activating group) is 1. The van der Waals surface area contributed by atoms with Crippen LogP contribution in [0.5, 0.6) is 5.75 Å². The highest BCUT2D eigenvalue weighted by molar-refractivity contribution is 5.91. The van der Waals surface area contributed by atoms with Crippen LogP contribution in [0.3, 0.4) is 0 Å². The number of benzene rings is 4. The Labute approximate surface area is 302 Å². The topological polar surface area (TPSA) is 126 Å². The van der Waals surface area contributed by atoms with Gasteiger partial charge in [0, 0.05) is 37.3 Å². The summed E-state index contributed by atoms with van der Waals surface area (Å²) in [7, 11) is 1.54. The minimum absolute atomic E-state index is 0.0160. The molecule has 3 N–H and O–H groups in total. The van der Waals surface area contributed by atoms with Gasteiger partial charge in [-0.25, -0.2) is 14.2 Å². The number of rotatable bonds is 16. The molecule has 6 rings (SSSR count). The van der Waals surface area contributed by atoms with E-state index in [1.807, 2.05) is 84.9 Å². The second-order valence-corrected chi connectivity index (χ2v) is 13.0.